The molecule has 1 aliphatic heterocycles. The number of hydrogen-bond acceptors (Lipinski definition) is 3. The van der Waals surface area contributed by atoms with Gasteiger partial charge >= 0.3 is 0 Å². The highest BCUT2D eigenvalue weighted by atomic mass is 16.5. The van der Waals surface area contributed by atoms with Crippen LogP contribution in [0.1, 0.15) is 29.8 Å². The number of fused-ring (bicyclic) bond motifs is 1. The Bertz CT molecular complexity index is 773. The van der Waals surface area contributed by atoms with Gasteiger partial charge in [-0.2, -0.15) is 0 Å². The molecular weight excluding hydrogens is 304 g/mol. The van der Waals surface area contributed by atoms with Gasteiger partial charge in [0, 0.05) is 12.1 Å². The van der Waals surface area contributed by atoms with Gasteiger partial charge in [-0.1, -0.05) is 30.3 Å². The first-order valence-corrected chi connectivity index (χ1v) is 8.03. The molecule has 24 heavy (non-hydrogen) atoms. The minimum absolute atomic E-state index is 0.105. The van der Waals surface area contributed by atoms with E-state index >= 15 is 0 Å². The molecule has 3 rings (SSSR count). The highest BCUT2D eigenvalue weighted by Gasteiger charge is 2.33. The molecule has 2 aromatic rings. The minimum atomic E-state index is -0.570. The third-order valence-electron chi connectivity index (χ3n) is 4.14. The Morgan fingerprint density at radius 2 is 1.92 bits per heavy atom. The average molecular weight is 324 g/mol. The van der Waals surface area contributed by atoms with Crippen molar-refractivity contribution in [2.45, 2.75) is 26.4 Å². The third kappa shape index (κ3) is 2.97. The number of anilines is 1. The summed E-state index contributed by atoms with van der Waals surface area (Å²) in [7, 11) is 0. The van der Waals surface area contributed by atoms with Crippen LogP contribution in [0, 0.1) is 0 Å². The van der Waals surface area contributed by atoms with E-state index < -0.39 is 6.04 Å². The summed E-state index contributed by atoms with van der Waals surface area (Å²) in [4.78, 5) is 26.7. The fourth-order valence-corrected chi connectivity index (χ4v) is 2.82. The highest BCUT2D eigenvalue weighted by molar-refractivity contribution is 6.03. The highest BCUT2D eigenvalue weighted by Crippen LogP contribution is 2.27. The first kappa shape index (κ1) is 16.1. The summed E-state index contributed by atoms with van der Waals surface area (Å²) in [5.74, 6) is 0.284. The molecule has 0 bridgehead atoms. The van der Waals surface area contributed by atoms with E-state index in [2.05, 4.69) is 5.32 Å². The lowest BCUT2D eigenvalue weighted by Gasteiger charge is -2.23. The largest absolute Gasteiger partial charge is 0.492 e. The number of carbonyl (C=O) groups excluding carboxylic acids is 2. The Labute approximate surface area is 141 Å². The Morgan fingerprint density at radius 3 is 2.67 bits per heavy atom. The Morgan fingerprint density at radius 1 is 1.21 bits per heavy atom. The lowest BCUT2D eigenvalue weighted by atomic mass is 10.1. The van der Waals surface area contributed by atoms with Gasteiger partial charge in [0.05, 0.1) is 12.3 Å². The predicted molar refractivity (Wildman–Crippen MR) is 92.0 cm³/mol. The fraction of sp³-hybridized carbons (Fsp3) is 0.263. The molecule has 1 N–H and O–H groups in total. The molecule has 2 aromatic carbocycles. The zero-order valence-electron chi connectivity index (χ0n) is 13.8. The second-order valence-corrected chi connectivity index (χ2v) is 5.68. The van der Waals surface area contributed by atoms with Crippen molar-refractivity contribution >= 4 is 17.5 Å². The van der Waals surface area contributed by atoms with Crippen LogP contribution in [0.3, 0.4) is 0 Å². The summed E-state index contributed by atoms with van der Waals surface area (Å²) < 4.78 is 5.52. The Hall–Kier alpha value is -2.82. The van der Waals surface area contributed by atoms with Crippen LogP contribution in [0.4, 0.5) is 5.69 Å². The summed E-state index contributed by atoms with van der Waals surface area (Å²) in [6, 6.07) is 14.2. The van der Waals surface area contributed by atoms with Crippen molar-refractivity contribution < 1.29 is 14.3 Å². The number of nitrogens with zero attached hydrogens (tertiary/aromatic N) is 1. The van der Waals surface area contributed by atoms with Gasteiger partial charge in [-0.15, -0.1) is 0 Å². The van der Waals surface area contributed by atoms with Crippen LogP contribution in [0.2, 0.25) is 0 Å². The number of nitrogens with one attached hydrogen (secondary N) is 1. The number of ether oxygens (including phenoxy) is 1. The predicted octanol–water partition coefficient (Wildman–Crippen LogP) is 3.07. The van der Waals surface area contributed by atoms with Gasteiger partial charge in [0.25, 0.3) is 5.91 Å². The van der Waals surface area contributed by atoms with Gasteiger partial charge < -0.3 is 15.0 Å². The number of rotatable bonds is 5. The van der Waals surface area contributed by atoms with Crippen LogP contribution in [-0.4, -0.2) is 29.4 Å². The molecule has 0 unspecified atom stereocenters. The van der Waals surface area contributed by atoms with E-state index in [0.717, 1.165) is 5.56 Å². The van der Waals surface area contributed by atoms with E-state index in [0.29, 0.717) is 30.2 Å². The molecule has 0 radical (unpaired) electrons. The van der Waals surface area contributed by atoms with Crippen molar-refractivity contribution in [3.05, 3.63) is 59.7 Å². The standard InChI is InChI=1S/C19H20N2O3/c1-3-24-17-11-7-6-10-16(17)20-18(22)13(2)21-12-14-8-4-5-9-15(14)19(21)23/h4-11,13H,3,12H2,1-2H3,(H,20,22)/t13-/m1/s1. The van der Waals surface area contributed by atoms with E-state index in [1.807, 2.05) is 37.3 Å². The van der Waals surface area contributed by atoms with Gasteiger partial charge in [-0.25, -0.2) is 0 Å². The van der Waals surface area contributed by atoms with E-state index in [-0.39, 0.29) is 11.8 Å². The first-order chi connectivity index (χ1) is 11.6. The molecule has 1 heterocycles. The summed E-state index contributed by atoms with van der Waals surface area (Å²) in [6.07, 6.45) is 0. The minimum Gasteiger partial charge on any atom is -0.492 e. The SMILES string of the molecule is CCOc1ccccc1NC(=O)[C@@H](C)N1Cc2ccccc2C1=O. The first-order valence-electron chi connectivity index (χ1n) is 8.03. The quantitative estimate of drug-likeness (QED) is 0.919. The maximum atomic E-state index is 12.6. The van der Waals surface area contributed by atoms with Crippen LogP contribution in [0.15, 0.2) is 48.5 Å². The Kier molecular flexibility index (Phi) is 4.51. The van der Waals surface area contributed by atoms with Gasteiger partial charge in [-0.05, 0) is 37.6 Å². The van der Waals surface area contributed by atoms with E-state index in [1.165, 1.54) is 0 Å². The lowest BCUT2D eigenvalue weighted by molar-refractivity contribution is -0.120. The van der Waals surface area contributed by atoms with Crippen LogP contribution in [0.5, 0.6) is 5.75 Å². The van der Waals surface area contributed by atoms with Gasteiger partial charge in [0.15, 0.2) is 0 Å². The molecule has 1 atom stereocenters. The van der Waals surface area contributed by atoms with Crippen LogP contribution in [0.25, 0.3) is 0 Å². The molecule has 0 saturated heterocycles. The lowest BCUT2D eigenvalue weighted by Crippen LogP contribution is -2.42. The molecule has 124 valence electrons. The molecular formula is C19H20N2O3. The summed E-state index contributed by atoms with van der Waals surface area (Å²) >= 11 is 0. The monoisotopic (exact) mass is 324 g/mol. The van der Waals surface area contributed by atoms with E-state index in [4.69, 9.17) is 4.74 Å². The number of amides is 2. The zero-order chi connectivity index (χ0) is 17.1. The second kappa shape index (κ2) is 6.74. The molecule has 0 aromatic heterocycles. The zero-order valence-corrected chi connectivity index (χ0v) is 13.8. The summed E-state index contributed by atoms with van der Waals surface area (Å²) in [5, 5.41) is 2.86. The molecule has 0 aliphatic carbocycles. The molecule has 2 amide bonds. The number of carbonyl (C=O) groups is 2. The van der Waals surface area contributed by atoms with Gasteiger partial charge in [0.2, 0.25) is 5.91 Å². The van der Waals surface area contributed by atoms with Crippen LogP contribution < -0.4 is 10.1 Å². The van der Waals surface area contributed by atoms with E-state index in [9.17, 15) is 9.59 Å². The van der Waals surface area contributed by atoms with Crippen molar-refractivity contribution in [2.75, 3.05) is 11.9 Å². The van der Waals surface area contributed by atoms with Crippen LogP contribution >= 0.6 is 0 Å². The maximum absolute atomic E-state index is 12.6. The normalized spacial score (nSPS) is 14.2. The molecule has 0 spiro atoms. The average Bonchev–Trinajstić information content (AvgIpc) is 2.93. The molecule has 0 saturated carbocycles. The van der Waals surface area contributed by atoms with Crippen molar-refractivity contribution in [3.8, 4) is 5.75 Å². The van der Waals surface area contributed by atoms with Crippen molar-refractivity contribution in [1.82, 2.24) is 4.90 Å². The summed E-state index contributed by atoms with van der Waals surface area (Å²) in [6.45, 7) is 4.60. The number of hydrogen-bond donors (Lipinski definition) is 1. The maximum Gasteiger partial charge on any atom is 0.255 e. The molecule has 0 fully saturated rings. The number of benzene rings is 2. The summed E-state index contributed by atoms with van der Waals surface area (Å²) in [5.41, 5.74) is 2.24. The molecule has 5 nitrogen and oxygen atoms in total. The Balaban J connectivity index is 1.74. The number of para-hydroxylation sites is 2. The molecule has 5 heteroatoms. The van der Waals surface area contributed by atoms with Gasteiger partial charge in [-0.3, -0.25) is 9.59 Å². The topological polar surface area (TPSA) is 58.6 Å². The van der Waals surface area contributed by atoms with Crippen molar-refractivity contribution in [3.63, 3.8) is 0 Å². The van der Waals surface area contributed by atoms with Crippen molar-refractivity contribution in [2.24, 2.45) is 0 Å². The fourth-order valence-electron chi connectivity index (χ4n) is 2.82. The van der Waals surface area contributed by atoms with Gasteiger partial charge in [0.1, 0.15) is 11.8 Å². The van der Waals surface area contributed by atoms with E-state index in [1.54, 1.807) is 30.0 Å². The smallest absolute Gasteiger partial charge is 0.255 e. The third-order valence-corrected chi connectivity index (χ3v) is 4.14. The van der Waals surface area contributed by atoms with Crippen molar-refractivity contribution in [1.29, 1.82) is 0 Å². The van der Waals surface area contributed by atoms with Crippen LogP contribution in [-0.2, 0) is 11.3 Å². The molecule has 1 aliphatic rings. The second-order valence-electron chi connectivity index (χ2n) is 5.68.